The zero-order chi connectivity index (χ0) is 14.1. The Kier molecular flexibility index (Phi) is 3.20. The summed E-state index contributed by atoms with van der Waals surface area (Å²) in [4.78, 5) is 17.8. The summed E-state index contributed by atoms with van der Waals surface area (Å²) in [5.41, 5.74) is 8.10. The standard InChI is InChI=1S/C15H14FN3O/c16-12-5-11(7-18-8-12)15(20)19-9-13(17)6-10-3-1-2-4-14(10)19/h1-5,7-8,13H,6,9,17H2. The molecule has 1 aromatic heterocycles. The Morgan fingerprint density at radius 1 is 1.35 bits per heavy atom. The van der Waals surface area contributed by atoms with Gasteiger partial charge in [-0.1, -0.05) is 18.2 Å². The van der Waals surface area contributed by atoms with E-state index in [1.54, 1.807) is 4.90 Å². The van der Waals surface area contributed by atoms with Crippen molar-refractivity contribution in [2.75, 3.05) is 11.4 Å². The average Bonchev–Trinajstić information content (AvgIpc) is 2.45. The largest absolute Gasteiger partial charge is 0.326 e. The lowest BCUT2D eigenvalue weighted by Gasteiger charge is -2.33. The first kappa shape index (κ1) is 12.7. The monoisotopic (exact) mass is 271 g/mol. The van der Waals surface area contributed by atoms with E-state index < -0.39 is 5.82 Å². The summed E-state index contributed by atoms with van der Waals surface area (Å²) in [6.07, 6.45) is 3.18. The Balaban J connectivity index is 2.00. The van der Waals surface area contributed by atoms with Gasteiger partial charge in [-0.3, -0.25) is 9.78 Å². The number of rotatable bonds is 1. The van der Waals surface area contributed by atoms with E-state index in [0.29, 0.717) is 6.54 Å². The van der Waals surface area contributed by atoms with Gasteiger partial charge in [0.1, 0.15) is 5.82 Å². The molecule has 0 aliphatic carbocycles. The molecule has 1 unspecified atom stereocenters. The van der Waals surface area contributed by atoms with Gasteiger partial charge in [-0.25, -0.2) is 4.39 Å². The molecule has 1 amide bonds. The van der Waals surface area contributed by atoms with Crippen molar-refractivity contribution in [2.24, 2.45) is 5.73 Å². The van der Waals surface area contributed by atoms with Crippen molar-refractivity contribution in [2.45, 2.75) is 12.5 Å². The van der Waals surface area contributed by atoms with E-state index in [-0.39, 0.29) is 17.5 Å². The lowest BCUT2D eigenvalue weighted by Crippen LogP contribution is -2.46. The van der Waals surface area contributed by atoms with Gasteiger partial charge in [-0.2, -0.15) is 0 Å². The highest BCUT2D eigenvalue weighted by atomic mass is 19.1. The third kappa shape index (κ3) is 2.28. The van der Waals surface area contributed by atoms with Crippen molar-refractivity contribution >= 4 is 11.6 Å². The molecule has 0 saturated heterocycles. The molecule has 1 aliphatic rings. The zero-order valence-electron chi connectivity index (χ0n) is 10.8. The SMILES string of the molecule is NC1Cc2ccccc2N(C(=O)c2cncc(F)c2)C1. The Labute approximate surface area is 116 Å². The first-order valence-electron chi connectivity index (χ1n) is 6.41. The molecule has 1 aliphatic heterocycles. The normalized spacial score (nSPS) is 17.7. The molecule has 2 aromatic rings. The minimum atomic E-state index is -0.523. The molecule has 3 rings (SSSR count). The first-order chi connectivity index (χ1) is 9.65. The second-order valence-electron chi connectivity index (χ2n) is 4.90. The molecule has 2 N–H and O–H groups in total. The first-order valence-corrected chi connectivity index (χ1v) is 6.41. The Morgan fingerprint density at radius 2 is 2.15 bits per heavy atom. The summed E-state index contributed by atoms with van der Waals surface area (Å²) in [7, 11) is 0. The fourth-order valence-electron chi connectivity index (χ4n) is 2.50. The minimum Gasteiger partial charge on any atom is -0.326 e. The molecule has 0 saturated carbocycles. The molecule has 1 atom stereocenters. The Bertz CT molecular complexity index is 659. The number of anilines is 1. The molecular formula is C15H14FN3O. The van der Waals surface area contributed by atoms with E-state index in [2.05, 4.69) is 4.98 Å². The molecule has 0 bridgehead atoms. The molecule has 0 radical (unpaired) electrons. The molecule has 5 heteroatoms. The maximum Gasteiger partial charge on any atom is 0.260 e. The maximum atomic E-state index is 13.2. The summed E-state index contributed by atoms with van der Waals surface area (Å²) in [5, 5.41) is 0. The molecule has 102 valence electrons. The average molecular weight is 271 g/mol. The van der Waals surface area contributed by atoms with Crippen molar-refractivity contribution < 1.29 is 9.18 Å². The van der Waals surface area contributed by atoms with E-state index in [9.17, 15) is 9.18 Å². The highest BCUT2D eigenvalue weighted by Crippen LogP contribution is 2.27. The second-order valence-corrected chi connectivity index (χ2v) is 4.90. The van der Waals surface area contributed by atoms with E-state index >= 15 is 0 Å². The highest BCUT2D eigenvalue weighted by Gasteiger charge is 2.27. The number of amides is 1. The van der Waals surface area contributed by atoms with Crippen LogP contribution in [0.15, 0.2) is 42.7 Å². The van der Waals surface area contributed by atoms with Gasteiger partial charge in [-0.05, 0) is 24.1 Å². The Morgan fingerprint density at radius 3 is 2.95 bits per heavy atom. The quantitative estimate of drug-likeness (QED) is 0.859. The number of carbonyl (C=O) groups excluding carboxylic acids is 1. The van der Waals surface area contributed by atoms with Gasteiger partial charge in [0.2, 0.25) is 0 Å². The number of hydrogen-bond donors (Lipinski definition) is 1. The number of hydrogen-bond acceptors (Lipinski definition) is 3. The van der Waals surface area contributed by atoms with Crippen LogP contribution in [0.4, 0.5) is 10.1 Å². The number of para-hydroxylation sites is 1. The van der Waals surface area contributed by atoms with Crippen molar-refractivity contribution in [1.82, 2.24) is 4.98 Å². The summed E-state index contributed by atoms with van der Waals surface area (Å²) in [6, 6.07) is 8.71. The van der Waals surface area contributed by atoms with E-state index in [0.717, 1.165) is 23.9 Å². The number of carbonyl (C=O) groups is 1. The third-order valence-corrected chi connectivity index (χ3v) is 3.38. The summed E-state index contributed by atoms with van der Waals surface area (Å²) >= 11 is 0. The van der Waals surface area contributed by atoms with Gasteiger partial charge in [-0.15, -0.1) is 0 Å². The number of pyridine rings is 1. The van der Waals surface area contributed by atoms with Crippen LogP contribution in [0.5, 0.6) is 0 Å². The third-order valence-electron chi connectivity index (χ3n) is 3.38. The van der Waals surface area contributed by atoms with E-state index in [1.807, 2.05) is 24.3 Å². The summed E-state index contributed by atoms with van der Waals surface area (Å²) < 4.78 is 13.2. The van der Waals surface area contributed by atoms with Crippen LogP contribution in [-0.2, 0) is 6.42 Å². The summed E-state index contributed by atoms with van der Waals surface area (Å²) in [5.74, 6) is -0.801. The molecule has 0 fully saturated rings. The smallest absolute Gasteiger partial charge is 0.260 e. The minimum absolute atomic E-state index is 0.115. The van der Waals surface area contributed by atoms with Crippen molar-refractivity contribution in [3.8, 4) is 0 Å². The van der Waals surface area contributed by atoms with Crippen molar-refractivity contribution in [1.29, 1.82) is 0 Å². The molecule has 1 aromatic carbocycles. The number of fused-ring (bicyclic) bond motifs is 1. The van der Waals surface area contributed by atoms with Crippen LogP contribution in [0, 0.1) is 5.82 Å². The number of aromatic nitrogens is 1. The predicted molar refractivity (Wildman–Crippen MR) is 74.0 cm³/mol. The molecule has 2 heterocycles. The fourth-order valence-corrected chi connectivity index (χ4v) is 2.50. The molecule has 4 nitrogen and oxygen atoms in total. The molecule has 20 heavy (non-hydrogen) atoms. The van der Waals surface area contributed by atoms with E-state index in [1.165, 1.54) is 12.3 Å². The molecular weight excluding hydrogens is 257 g/mol. The topological polar surface area (TPSA) is 59.2 Å². The van der Waals surface area contributed by atoms with Gasteiger partial charge in [0, 0.05) is 24.5 Å². The number of nitrogens with two attached hydrogens (primary N) is 1. The fraction of sp³-hybridized carbons (Fsp3) is 0.200. The van der Waals surface area contributed by atoms with Crippen LogP contribution < -0.4 is 10.6 Å². The van der Waals surface area contributed by atoms with Crippen LogP contribution in [0.2, 0.25) is 0 Å². The van der Waals surface area contributed by atoms with Gasteiger partial charge in [0.05, 0.1) is 11.8 Å². The van der Waals surface area contributed by atoms with Crippen LogP contribution in [-0.4, -0.2) is 23.5 Å². The van der Waals surface area contributed by atoms with Gasteiger partial charge < -0.3 is 10.6 Å². The lowest BCUT2D eigenvalue weighted by atomic mass is 9.98. The van der Waals surface area contributed by atoms with Gasteiger partial charge in [0.15, 0.2) is 0 Å². The van der Waals surface area contributed by atoms with Crippen molar-refractivity contribution in [3.05, 3.63) is 59.7 Å². The van der Waals surface area contributed by atoms with Crippen LogP contribution in [0.25, 0.3) is 0 Å². The van der Waals surface area contributed by atoms with Crippen LogP contribution in [0.3, 0.4) is 0 Å². The maximum absolute atomic E-state index is 13.2. The summed E-state index contributed by atoms with van der Waals surface area (Å²) in [6.45, 7) is 0.423. The lowest BCUT2D eigenvalue weighted by molar-refractivity contribution is 0.0982. The van der Waals surface area contributed by atoms with Crippen LogP contribution >= 0.6 is 0 Å². The highest BCUT2D eigenvalue weighted by molar-refractivity contribution is 6.06. The number of nitrogens with zero attached hydrogens (tertiary/aromatic N) is 2. The number of halogens is 1. The number of benzene rings is 1. The zero-order valence-corrected chi connectivity index (χ0v) is 10.8. The van der Waals surface area contributed by atoms with Crippen molar-refractivity contribution in [3.63, 3.8) is 0 Å². The van der Waals surface area contributed by atoms with Gasteiger partial charge >= 0.3 is 0 Å². The Hall–Kier alpha value is -2.27. The van der Waals surface area contributed by atoms with Crippen LogP contribution in [0.1, 0.15) is 15.9 Å². The van der Waals surface area contributed by atoms with E-state index in [4.69, 9.17) is 5.73 Å². The van der Waals surface area contributed by atoms with Gasteiger partial charge in [0.25, 0.3) is 5.91 Å². The molecule has 0 spiro atoms. The second kappa shape index (κ2) is 5.02. The predicted octanol–water partition coefficient (Wildman–Crippen LogP) is 1.75.